The molecule has 31 heavy (non-hydrogen) atoms. The molecule has 0 radical (unpaired) electrons. The average Bonchev–Trinajstić information content (AvgIpc) is 3.17. The maximum atomic E-state index is 13.5. The monoisotopic (exact) mass is 431 g/mol. The molecule has 3 aromatic rings. The van der Waals surface area contributed by atoms with Gasteiger partial charge in [-0.2, -0.15) is 0 Å². The number of amidine groups is 1. The minimum atomic E-state index is -0.487. The molecule has 0 amide bonds. The van der Waals surface area contributed by atoms with Gasteiger partial charge in [0, 0.05) is 23.0 Å². The largest absolute Gasteiger partial charge is 0.344 e. The number of nitrogens with zero attached hydrogens (tertiary/aromatic N) is 1. The van der Waals surface area contributed by atoms with Gasteiger partial charge in [0.1, 0.15) is 16.5 Å². The first-order valence-corrected chi connectivity index (χ1v) is 9.81. The molecule has 0 fully saturated rings. The minimum Gasteiger partial charge on any atom is -0.344 e. The molecule has 2 heterocycles. The number of carbonyl (C=O) groups excluding carboxylic acids is 2. The topological polar surface area (TPSA) is 107 Å². The zero-order valence-electron chi connectivity index (χ0n) is 16.5. The third-order valence-corrected chi connectivity index (χ3v) is 4.80. The number of hydrogen-bond donors (Lipinski definition) is 4. The van der Waals surface area contributed by atoms with Crippen molar-refractivity contribution in [1.29, 1.82) is 5.41 Å². The summed E-state index contributed by atoms with van der Waals surface area (Å²) >= 11 is 5.97. The Balaban J connectivity index is 1.80. The van der Waals surface area contributed by atoms with E-state index in [1.807, 2.05) is 24.3 Å². The highest BCUT2D eigenvalue weighted by atomic mass is 35.5. The molecule has 1 aliphatic rings. The van der Waals surface area contributed by atoms with E-state index < -0.39 is 11.6 Å². The van der Waals surface area contributed by atoms with Gasteiger partial charge in [0.15, 0.2) is 0 Å². The van der Waals surface area contributed by atoms with Crippen LogP contribution in [0.1, 0.15) is 27.6 Å². The molecule has 0 unspecified atom stereocenters. The van der Waals surface area contributed by atoms with E-state index in [-0.39, 0.29) is 22.1 Å². The lowest BCUT2D eigenvalue weighted by atomic mass is 9.95. The smallest absolute Gasteiger partial charge is 0.200 e. The van der Waals surface area contributed by atoms with Gasteiger partial charge in [-0.25, -0.2) is 4.98 Å². The van der Waals surface area contributed by atoms with Crippen molar-refractivity contribution in [2.75, 3.05) is 16.0 Å². The van der Waals surface area contributed by atoms with Gasteiger partial charge in [0.25, 0.3) is 0 Å². The quantitative estimate of drug-likeness (QED) is 0.0865. The average molecular weight is 432 g/mol. The van der Waals surface area contributed by atoms with Crippen molar-refractivity contribution in [3.8, 4) is 0 Å². The molecule has 8 heteroatoms. The zero-order valence-corrected chi connectivity index (χ0v) is 17.2. The van der Waals surface area contributed by atoms with Gasteiger partial charge in [0.2, 0.25) is 11.6 Å². The molecule has 0 aliphatic carbocycles. The van der Waals surface area contributed by atoms with Gasteiger partial charge in [-0.15, -0.1) is 0 Å². The second-order valence-electron chi connectivity index (χ2n) is 6.90. The van der Waals surface area contributed by atoms with Gasteiger partial charge >= 0.3 is 0 Å². The summed E-state index contributed by atoms with van der Waals surface area (Å²) in [5.41, 5.74) is 2.61. The van der Waals surface area contributed by atoms with Gasteiger partial charge in [0.05, 0.1) is 17.2 Å². The van der Waals surface area contributed by atoms with Crippen molar-refractivity contribution in [1.82, 2.24) is 4.98 Å². The van der Waals surface area contributed by atoms with Gasteiger partial charge < -0.3 is 16.0 Å². The Hall–Kier alpha value is -3.97. The Morgan fingerprint density at radius 1 is 0.935 bits per heavy atom. The number of halogens is 1. The van der Waals surface area contributed by atoms with E-state index in [0.29, 0.717) is 17.1 Å². The molecular weight excluding hydrogens is 414 g/mol. The van der Waals surface area contributed by atoms with E-state index in [4.69, 9.17) is 17.0 Å². The number of rotatable bonds is 5. The molecule has 2 aromatic carbocycles. The van der Waals surface area contributed by atoms with Crippen LogP contribution in [0, 0.1) is 5.41 Å². The number of ketones is 2. The number of hydrogen-bond acceptors (Lipinski definition) is 6. The number of anilines is 3. The van der Waals surface area contributed by atoms with Crippen molar-refractivity contribution in [2.24, 2.45) is 0 Å². The number of nitrogens with one attached hydrogen (secondary N) is 4. The lowest BCUT2D eigenvalue weighted by Gasteiger charge is -2.12. The summed E-state index contributed by atoms with van der Waals surface area (Å²) in [6.45, 7) is 1.60. The summed E-state index contributed by atoms with van der Waals surface area (Å²) in [6, 6.07) is 17.0. The fourth-order valence-electron chi connectivity index (χ4n) is 3.24. The number of pyridine rings is 1. The lowest BCUT2D eigenvalue weighted by Crippen LogP contribution is -2.21. The molecule has 0 spiro atoms. The lowest BCUT2D eigenvalue weighted by molar-refractivity contribution is 0.0961. The van der Waals surface area contributed by atoms with E-state index in [1.165, 1.54) is 18.3 Å². The van der Waals surface area contributed by atoms with Gasteiger partial charge in [-0.05, 0) is 43.3 Å². The Bertz CT molecular complexity index is 1220. The third-order valence-electron chi connectivity index (χ3n) is 4.60. The predicted molar refractivity (Wildman–Crippen MR) is 122 cm³/mol. The molecule has 0 saturated heterocycles. The number of allylic oxidation sites excluding steroid dienone is 1. The third kappa shape index (κ3) is 4.31. The molecule has 7 nitrogen and oxygen atoms in total. The summed E-state index contributed by atoms with van der Waals surface area (Å²) < 4.78 is 0. The molecule has 0 bridgehead atoms. The number of para-hydroxylation sites is 2. The summed E-state index contributed by atoms with van der Waals surface area (Å²) in [4.78, 5) is 30.9. The minimum absolute atomic E-state index is 0.0535. The van der Waals surface area contributed by atoms with Crippen LogP contribution in [0.2, 0.25) is 5.15 Å². The maximum absolute atomic E-state index is 13.5. The van der Waals surface area contributed by atoms with Crippen LogP contribution in [-0.4, -0.2) is 22.4 Å². The van der Waals surface area contributed by atoms with Crippen LogP contribution in [0.15, 0.2) is 78.3 Å². The maximum Gasteiger partial charge on any atom is 0.200 e. The number of fused-ring (bicyclic) bond motifs is 1. The van der Waals surface area contributed by atoms with Crippen molar-refractivity contribution < 1.29 is 9.59 Å². The molecule has 154 valence electrons. The van der Waals surface area contributed by atoms with Crippen LogP contribution in [0.5, 0.6) is 0 Å². The van der Waals surface area contributed by atoms with E-state index in [2.05, 4.69) is 20.9 Å². The molecule has 4 N–H and O–H groups in total. The van der Waals surface area contributed by atoms with Crippen LogP contribution >= 0.6 is 11.6 Å². The molecule has 0 saturated carbocycles. The number of aromatic nitrogens is 1. The second-order valence-corrected chi connectivity index (χ2v) is 7.29. The van der Waals surface area contributed by atoms with Gasteiger partial charge in [-0.3, -0.25) is 15.0 Å². The number of carbonyl (C=O) groups is 2. The standard InChI is InChI=1S/C23H18ClN5O2/c1-13(25)27-16-6-4-5-14(11-16)21(30)20(22(31)15-9-10-26-19(24)12-15)23-28-17-7-2-3-8-18(17)29-23/h2-12,28-29H,1H3,(H2,25,27). The summed E-state index contributed by atoms with van der Waals surface area (Å²) in [5.74, 6) is -0.420. The van der Waals surface area contributed by atoms with Crippen molar-refractivity contribution in [2.45, 2.75) is 6.92 Å². The summed E-state index contributed by atoms with van der Waals surface area (Å²) in [5, 5.41) is 16.9. The Labute approximate surface area is 183 Å². The highest BCUT2D eigenvalue weighted by molar-refractivity contribution is 6.33. The predicted octanol–water partition coefficient (Wildman–Crippen LogP) is 4.96. The zero-order chi connectivity index (χ0) is 22.0. The molecule has 1 aliphatic heterocycles. The SMILES string of the molecule is CC(=N)Nc1cccc(C(=O)C(C(=O)c2ccnc(Cl)c2)=C2Nc3ccccc3N2)c1. The fraction of sp³-hybridized carbons (Fsp3) is 0.0435. The number of Topliss-reactive ketones (excluding diaryl/α,β-unsaturated/α-hetero) is 2. The van der Waals surface area contributed by atoms with Crippen LogP contribution in [0.3, 0.4) is 0 Å². The van der Waals surface area contributed by atoms with Crippen molar-refractivity contribution in [3.63, 3.8) is 0 Å². The summed E-state index contributed by atoms with van der Waals surface area (Å²) in [7, 11) is 0. The van der Waals surface area contributed by atoms with E-state index in [1.54, 1.807) is 31.2 Å². The first kappa shape index (κ1) is 20.3. The number of benzene rings is 2. The Kier molecular flexibility index (Phi) is 5.51. The van der Waals surface area contributed by atoms with Crippen LogP contribution < -0.4 is 16.0 Å². The first-order valence-electron chi connectivity index (χ1n) is 9.43. The second kappa shape index (κ2) is 8.41. The first-order chi connectivity index (χ1) is 14.9. The van der Waals surface area contributed by atoms with Crippen LogP contribution in [0.4, 0.5) is 17.1 Å². The summed E-state index contributed by atoms with van der Waals surface area (Å²) in [6.07, 6.45) is 1.42. The highest BCUT2D eigenvalue weighted by Gasteiger charge is 2.29. The van der Waals surface area contributed by atoms with E-state index in [9.17, 15) is 9.59 Å². The normalized spacial score (nSPS) is 11.7. The molecule has 4 rings (SSSR count). The van der Waals surface area contributed by atoms with Crippen LogP contribution in [-0.2, 0) is 0 Å². The molecule has 1 aromatic heterocycles. The van der Waals surface area contributed by atoms with Crippen molar-refractivity contribution >= 4 is 46.1 Å². The Morgan fingerprint density at radius 3 is 2.19 bits per heavy atom. The molecule has 0 atom stereocenters. The van der Waals surface area contributed by atoms with E-state index in [0.717, 1.165) is 11.4 Å². The Morgan fingerprint density at radius 2 is 1.58 bits per heavy atom. The van der Waals surface area contributed by atoms with Crippen LogP contribution in [0.25, 0.3) is 0 Å². The highest BCUT2D eigenvalue weighted by Crippen LogP contribution is 2.33. The fourth-order valence-corrected chi connectivity index (χ4v) is 3.42. The van der Waals surface area contributed by atoms with E-state index >= 15 is 0 Å². The van der Waals surface area contributed by atoms with Crippen molar-refractivity contribution in [3.05, 3.63) is 94.5 Å². The van der Waals surface area contributed by atoms with Gasteiger partial charge in [-0.1, -0.05) is 35.9 Å². The molecular formula is C23H18ClN5O2.